The van der Waals surface area contributed by atoms with E-state index in [1.165, 1.54) is 0 Å². The molecule has 2 amide bonds. The van der Waals surface area contributed by atoms with Crippen LogP contribution in [0.1, 0.15) is 43.6 Å². The minimum absolute atomic E-state index is 0.0492. The molecule has 0 fully saturated rings. The van der Waals surface area contributed by atoms with Gasteiger partial charge in [0.25, 0.3) is 5.91 Å². The number of aryl methyl sites for hydroxylation is 1. The Labute approximate surface area is 126 Å². The molecule has 0 aliphatic carbocycles. The van der Waals surface area contributed by atoms with Crippen molar-refractivity contribution in [2.75, 3.05) is 11.9 Å². The quantitative estimate of drug-likeness (QED) is 0.751. The molecule has 0 spiro atoms. The van der Waals surface area contributed by atoms with Crippen LogP contribution in [-0.4, -0.2) is 30.4 Å². The zero-order valence-corrected chi connectivity index (χ0v) is 13.4. The van der Waals surface area contributed by atoms with Crippen molar-refractivity contribution in [3.8, 4) is 0 Å². The lowest BCUT2D eigenvalue weighted by atomic mass is 10.1. The van der Waals surface area contributed by atoms with Crippen LogP contribution in [0.2, 0.25) is 0 Å². The number of benzene rings is 1. The van der Waals surface area contributed by atoms with Gasteiger partial charge < -0.3 is 16.0 Å². The zero-order chi connectivity index (χ0) is 16.0. The molecule has 5 nitrogen and oxygen atoms in total. The Balaban J connectivity index is 2.83. The van der Waals surface area contributed by atoms with Gasteiger partial charge in [-0.05, 0) is 46.8 Å². The summed E-state index contributed by atoms with van der Waals surface area (Å²) in [5, 5.41) is 8.68. The fourth-order valence-corrected chi connectivity index (χ4v) is 1.94. The number of anilines is 1. The third-order valence-electron chi connectivity index (χ3n) is 2.96. The molecule has 0 radical (unpaired) electrons. The van der Waals surface area contributed by atoms with Crippen LogP contribution in [0.4, 0.5) is 5.69 Å². The predicted molar refractivity (Wildman–Crippen MR) is 85.5 cm³/mol. The van der Waals surface area contributed by atoms with E-state index in [0.29, 0.717) is 5.56 Å². The summed E-state index contributed by atoms with van der Waals surface area (Å²) in [6.45, 7) is 10.1. The van der Waals surface area contributed by atoms with Crippen molar-refractivity contribution in [1.29, 1.82) is 0 Å². The van der Waals surface area contributed by atoms with Gasteiger partial charge >= 0.3 is 0 Å². The summed E-state index contributed by atoms with van der Waals surface area (Å²) in [6, 6.07) is 5.12. The van der Waals surface area contributed by atoms with Crippen molar-refractivity contribution in [3.05, 3.63) is 29.3 Å². The summed E-state index contributed by atoms with van der Waals surface area (Å²) in [7, 11) is 0. The van der Waals surface area contributed by atoms with Crippen molar-refractivity contribution in [1.82, 2.24) is 10.6 Å². The van der Waals surface area contributed by atoms with Gasteiger partial charge in [0, 0.05) is 18.3 Å². The summed E-state index contributed by atoms with van der Waals surface area (Å²) in [6.07, 6.45) is 0. The highest BCUT2D eigenvalue weighted by Crippen LogP contribution is 2.17. The van der Waals surface area contributed by atoms with Crippen LogP contribution in [0.3, 0.4) is 0 Å². The minimum Gasteiger partial charge on any atom is -0.385 e. The molecule has 0 heterocycles. The van der Waals surface area contributed by atoms with Gasteiger partial charge in [0.05, 0.1) is 5.56 Å². The van der Waals surface area contributed by atoms with E-state index in [1.54, 1.807) is 6.92 Å². The molecule has 1 rings (SSSR count). The fourth-order valence-electron chi connectivity index (χ4n) is 1.94. The van der Waals surface area contributed by atoms with Gasteiger partial charge in [0.15, 0.2) is 0 Å². The molecule has 1 atom stereocenters. The second-order valence-corrected chi connectivity index (χ2v) is 5.44. The van der Waals surface area contributed by atoms with Gasteiger partial charge in [-0.25, -0.2) is 0 Å². The normalized spacial score (nSPS) is 11.9. The highest BCUT2D eigenvalue weighted by molar-refractivity contribution is 6.01. The lowest BCUT2D eigenvalue weighted by molar-refractivity contribution is -0.123. The average molecular weight is 291 g/mol. The monoisotopic (exact) mass is 291 g/mol. The second-order valence-electron chi connectivity index (χ2n) is 5.44. The first-order valence-electron chi connectivity index (χ1n) is 7.31. The van der Waals surface area contributed by atoms with Crippen LogP contribution in [0.5, 0.6) is 0 Å². The van der Waals surface area contributed by atoms with E-state index < -0.39 is 6.04 Å². The van der Waals surface area contributed by atoms with E-state index in [2.05, 4.69) is 16.0 Å². The van der Waals surface area contributed by atoms with Gasteiger partial charge in [-0.2, -0.15) is 0 Å². The summed E-state index contributed by atoms with van der Waals surface area (Å²) >= 11 is 0. The maximum Gasteiger partial charge on any atom is 0.254 e. The van der Waals surface area contributed by atoms with Crippen molar-refractivity contribution in [2.24, 2.45) is 0 Å². The Morgan fingerprint density at radius 1 is 1.14 bits per heavy atom. The van der Waals surface area contributed by atoms with Crippen molar-refractivity contribution >= 4 is 17.5 Å². The van der Waals surface area contributed by atoms with E-state index >= 15 is 0 Å². The summed E-state index contributed by atoms with van der Waals surface area (Å²) in [5.74, 6) is -0.433. The molecule has 21 heavy (non-hydrogen) atoms. The lowest BCUT2D eigenvalue weighted by Crippen LogP contribution is -2.46. The van der Waals surface area contributed by atoms with E-state index in [-0.39, 0.29) is 17.9 Å². The third-order valence-corrected chi connectivity index (χ3v) is 2.96. The SMILES string of the molecule is CCNc1ccc(C)cc1C(=O)NC(C)C(=O)NC(C)C. The zero-order valence-electron chi connectivity index (χ0n) is 13.4. The molecular formula is C16H25N3O2. The molecule has 1 aromatic rings. The Hall–Kier alpha value is -2.04. The first kappa shape index (κ1) is 17.0. The van der Waals surface area contributed by atoms with Crippen LogP contribution in [-0.2, 0) is 4.79 Å². The van der Waals surface area contributed by atoms with Crippen LogP contribution >= 0.6 is 0 Å². The molecule has 1 aromatic carbocycles. The molecule has 3 N–H and O–H groups in total. The van der Waals surface area contributed by atoms with Crippen molar-refractivity contribution in [2.45, 2.75) is 46.7 Å². The Bertz CT molecular complexity index is 512. The maximum atomic E-state index is 12.4. The molecule has 116 valence electrons. The first-order valence-corrected chi connectivity index (χ1v) is 7.31. The van der Waals surface area contributed by atoms with E-state index in [1.807, 2.05) is 45.9 Å². The van der Waals surface area contributed by atoms with Gasteiger partial charge in [-0.15, -0.1) is 0 Å². The van der Waals surface area contributed by atoms with E-state index in [9.17, 15) is 9.59 Å². The number of carbonyl (C=O) groups is 2. The van der Waals surface area contributed by atoms with Gasteiger partial charge in [0.1, 0.15) is 6.04 Å². The number of hydrogen-bond acceptors (Lipinski definition) is 3. The van der Waals surface area contributed by atoms with Crippen LogP contribution < -0.4 is 16.0 Å². The smallest absolute Gasteiger partial charge is 0.254 e. The first-order chi connectivity index (χ1) is 9.85. The predicted octanol–water partition coefficient (Wildman–Crippen LogP) is 2.07. The standard InChI is InChI=1S/C16H25N3O2/c1-6-17-14-8-7-11(4)9-13(14)16(21)19-12(5)15(20)18-10(2)3/h7-10,12,17H,6H2,1-5H3,(H,18,20)(H,19,21). The van der Waals surface area contributed by atoms with Crippen molar-refractivity contribution < 1.29 is 9.59 Å². The Morgan fingerprint density at radius 3 is 2.38 bits per heavy atom. The highest BCUT2D eigenvalue weighted by atomic mass is 16.2. The van der Waals surface area contributed by atoms with E-state index in [0.717, 1.165) is 17.8 Å². The van der Waals surface area contributed by atoms with Crippen LogP contribution in [0.25, 0.3) is 0 Å². The highest BCUT2D eigenvalue weighted by Gasteiger charge is 2.19. The summed E-state index contributed by atoms with van der Waals surface area (Å²) in [4.78, 5) is 24.2. The summed E-state index contributed by atoms with van der Waals surface area (Å²) in [5.41, 5.74) is 2.33. The van der Waals surface area contributed by atoms with E-state index in [4.69, 9.17) is 0 Å². The molecule has 0 aliphatic heterocycles. The molecule has 5 heteroatoms. The number of rotatable bonds is 6. The molecule has 0 bridgehead atoms. The summed E-state index contributed by atoms with van der Waals surface area (Å²) < 4.78 is 0. The largest absolute Gasteiger partial charge is 0.385 e. The van der Waals surface area contributed by atoms with Crippen molar-refractivity contribution in [3.63, 3.8) is 0 Å². The number of nitrogens with one attached hydrogen (secondary N) is 3. The third kappa shape index (κ3) is 5.10. The number of carbonyl (C=O) groups excluding carboxylic acids is 2. The lowest BCUT2D eigenvalue weighted by Gasteiger charge is -2.17. The van der Waals surface area contributed by atoms with Gasteiger partial charge in [-0.1, -0.05) is 11.6 Å². The average Bonchev–Trinajstić information content (AvgIpc) is 2.40. The van der Waals surface area contributed by atoms with Gasteiger partial charge in [-0.3, -0.25) is 9.59 Å². The molecule has 0 saturated carbocycles. The molecule has 0 aliphatic rings. The molecular weight excluding hydrogens is 266 g/mol. The topological polar surface area (TPSA) is 70.2 Å². The number of hydrogen-bond donors (Lipinski definition) is 3. The maximum absolute atomic E-state index is 12.4. The minimum atomic E-state index is -0.574. The number of amides is 2. The molecule has 0 aromatic heterocycles. The van der Waals surface area contributed by atoms with Crippen LogP contribution in [0, 0.1) is 6.92 Å². The fraction of sp³-hybridized carbons (Fsp3) is 0.500. The molecule has 0 saturated heterocycles. The van der Waals surface area contributed by atoms with Gasteiger partial charge in [0.2, 0.25) is 5.91 Å². The Morgan fingerprint density at radius 2 is 1.81 bits per heavy atom. The molecule has 1 unspecified atom stereocenters. The second kappa shape index (κ2) is 7.67. The Kier molecular flexibility index (Phi) is 6.21. The van der Waals surface area contributed by atoms with Crippen LogP contribution in [0.15, 0.2) is 18.2 Å².